The Morgan fingerprint density at radius 3 is 2.39 bits per heavy atom. The van der Waals surface area contributed by atoms with Gasteiger partial charge in [-0.2, -0.15) is 13.2 Å². The number of rotatable bonds is 4. The summed E-state index contributed by atoms with van der Waals surface area (Å²) in [5, 5.41) is 11.2. The zero-order valence-electron chi connectivity index (χ0n) is 12.9. The lowest BCUT2D eigenvalue weighted by Gasteiger charge is -2.35. The predicted octanol–water partition coefficient (Wildman–Crippen LogP) is 2.64. The fourth-order valence-corrected chi connectivity index (χ4v) is 2.87. The smallest absolute Gasteiger partial charge is 0.405 e. The van der Waals surface area contributed by atoms with Gasteiger partial charge in [-0.1, -0.05) is 12.1 Å². The van der Waals surface area contributed by atoms with Gasteiger partial charge in [0, 0.05) is 0 Å². The second kappa shape index (κ2) is 7.21. The third kappa shape index (κ3) is 5.13. The number of phenolic OH excluding ortho intramolecular Hbond substituents is 1. The van der Waals surface area contributed by atoms with Crippen LogP contribution in [0.1, 0.15) is 31.2 Å². The fourth-order valence-electron chi connectivity index (χ4n) is 2.87. The molecule has 7 heteroatoms. The first kappa shape index (κ1) is 17.6. The van der Waals surface area contributed by atoms with E-state index in [1.807, 2.05) is 22.3 Å². The summed E-state index contributed by atoms with van der Waals surface area (Å²) in [5.41, 5.74) is 1.14. The quantitative estimate of drug-likeness (QED) is 0.892. The molecule has 4 nitrogen and oxygen atoms in total. The lowest BCUT2D eigenvalue weighted by Crippen LogP contribution is -2.49. The van der Waals surface area contributed by atoms with Crippen LogP contribution < -0.4 is 5.32 Å². The normalized spacial score (nSPS) is 18.6. The molecule has 2 rings (SSSR count). The SMILES string of the molecule is CC(C(=O)NCC(F)(F)F)N1CCC(c2ccc(O)cc2)CC1. The van der Waals surface area contributed by atoms with Crippen LogP contribution >= 0.6 is 0 Å². The molecule has 1 aromatic carbocycles. The monoisotopic (exact) mass is 330 g/mol. The minimum atomic E-state index is -4.39. The number of benzene rings is 1. The van der Waals surface area contributed by atoms with Crippen molar-refractivity contribution in [2.75, 3.05) is 19.6 Å². The van der Waals surface area contributed by atoms with Gasteiger partial charge in [0.05, 0.1) is 6.04 Å². The molecular formula is C16H21F3N2O2. The Balaban J connectivity index is 1.83. The van der Waals surface area contributed by atoms with Gasteiger partial charge in [-0.15, -0.1) is 0 Å². The second-order valence-corrected chi connectivity index (χ2v) is 5.91. The van der Waals surface area contributed by atoms with Crippen LogP contribution in [0.3, 0.4) is 0 Å². The first-order valence-electron chi connectivity index (χ1n) is 7.64. The van der Waals surface area contributed by atoms with Crippen molar-refractivity contribution in [1.82, 2.24) is 10.2 Å². The van der Waals surface area contributed by atoms with E-state index in [4.69, 9.17) is 0 Å². The van der Waals surface area contributed by atoms with Gasteiger partial charge in [-0.3, -0.25) is 9.69 Å². The third-order valence-corrected chi connectivity index (χ3v) is 4.28. The van der Waals surface area contributed by atoms with Crippen molar-refractivity contribution in [3.63, 3.8) is 0 Å². The summed E-state index contributed by atoms with van der Waals surface area (Å²) in [6.45, 7) is 1.66. The lowest BCUT2D eigenvalue weighted by molar-refractivity contribution is -0.141. The number of nitrogens with one attached hydrogen (secondary N) is 1. The zero-order valence-corrected chi connectivity index (χ0v) is 12.9. The summed E-state index contributed by atoms with van der Waals surface area (Å²) in [4.78, 5) is 13.7. The number of hydrogen-bond acceptors (Lipinski definition) is 3. The zero-order chi connectivity index (χ0) is 17.0. The Bertz CT molecular complexity index is 523. The highest BCUT2D eigenvalue weighted by Gasteiger charge is 2.31. The molecule has 1 aliphatic rings. The number of piperidine rings is 1. The standard InChI is InChI=1S/C16H21F3N2O2/c1-11(15(23)20-10-16(17,18)19)21-8-6-13(7-9-21)12-2-4-14(22)5-3-12/h2-5,11,13,22H,6-10H2,1H3,(H,20,23). The van der Waals surface area contributed by atoms with Crippen molar-refractivity contribution in [3.8, 4) is 5.75 Å². The second-order valence-electron chi connectivity index (χ2n) is 5.91. The van der Waals surface area contributed by atoms with E-state index in [0.717, 1.165) is 18.4 Å². The van der Waals surface area contributed by atoms with Gasteiger partial charge < -0.3 is 10.4 Å². The molecule has 1 aliphatic heterocycles. The number of halogens is 3. The highest BCUT2D eigenvalue weighted by Crippen LogP contribution is 2.29. The number of aromatic hydroxyl groups is 1. The van der Waals surface area contributed by atoms with E-state index in [2.05, 4.69) is 0 Å². The highest BCUT2D eigenvalue weighted by atomic mass is 19.4. The van der Waals surface area contributed by atoms with E-state index in [9.17, 15) is 23.1 Å². The molecule has 23 heavy (non-hydrogen) atoms. The van der Waals surface area contributed by atoms with Gasteiger partial charge in [-0.05, 0) is 56.5 Å². The topological polar surface area (TPSA) is 52.6 Å². The van der Waals surface area contributed by atoms with Gasteiger partial charge >= 0.3 is 6.18 Å². The van der Waals surface area contributed by atoms with E-state index in [-0.39, 0.29) is 5.75 Å². The van der Waals surface area contributed by atoms with Crippen LogP contribution in [0.25, 0.3) is 0 Å². The predicted molar refractivity (Wildman–Crippen MR) is 80.2 cm³/mol. The summed E-state index contributed by atoms with van der Waals surface area (Å²) in [7, 11) is 0. The molecule has 1 atom stereocenters. The maximum atomic E-state index is 12.1. The summed E-state index contributed by atoms with van der Waals surface area (Å²) in [6.07, 6.45) is -2.72. The molecule has 128 valence electrons. The molecule has 1 saturated heterocycles. The minimum absolute atomic E-state index is 0.223. The summed E-state index contributed by atoms with van der Waals surface area (Å²) >= 11 is 0. The molecule has 0 saturated carbocycles. The van der Waals surface area contributed by atoms with Crippen LogP contribution in [0.2, 0.25) is 0 Å². The number of amides is 1. The van der Waals surface area contributed by atoms with E-state index >= 15 is 0 Å². The summed E-state index contributed by atoms with van der Waals surface area (Å²) < 4.78 is 36.4. The Kier molecular flexibility index (Phi) is 5.51. The minimum Gasteiger partial charge on any atom is -0.508 e. The van der Waals surface area contributed by atoms with Crippen molar-refractivity contribution in [1.29, 1.82) is 0 Å². The number of carbonyl (C=O) groups excluding carboxylic acids is 1. The van der Waals surface area contributed by atoms with Gasteiger partial charge in [-0.25, -0.2) is 0 Å². The number of carbonyl (C=O) groups is 1. The van der Waals surface area contributed by atoms with Crippen LogP contribution in [0.15, 0.2) is 24.3 Å². The lowest BCUT2D eigenvalue weighted by atomic mass is 9.89. The molecule has 1 amide bonds. The highest BCUT2D eigenvalue weighted by molar-refractivity contribution is 5.81. The fraction of sp³-hybridized carbons (Fsp3) is 0.562. The molecule has 0 bridgehead atoms. The summed E-state index contributed by atoms with van der Waals surface area (Å²) in [6, 6.07) is 6.49. The maximum absolute atomic E-state index is 12.1. The van der Waals surface area contributed by atoms with Crippen LogP contribution in [-0.4, -0.2) is 47.8 Å². The Morgan fingerprint density at radius 1 is 1.30 bits per heavy atom. The molecule has 2 N–H and O–H groups in total. The van der Waals surface area contributed by atoms with Crippen LogP contribution in [0.4, 0.5) is 13.2 Å². The van der Waals surface area contributed by atoms with Gasteiger partial charge in [0.15, 0.2) is 0 Å². The number of phenols is 1. The van der Waals surface area contributed by atoms with E-state index in [1.165, 1.54) is 0 Å². The molecule has 1 aromatic rings. The Hall–Kier alpha value is -1.76. The molecular weight excluding hydrogens is 309 g/mol. The number of likely N-dealkylation sites (tertiary alicyclic amines) is 1. The molecule has 0 aliphatic carbocycles. The Morgan fingerprint density at radius 2 is 1.87 bits per heavy atom. The number of nitrogens with zero attached hydrogens (tertiary/aromatic N) is 1. The molecule has 0 radical (unpaired) electrons. The van der Waals surface area contributed by atoms with Crippen LogP contribution in [-0.2, 0) is 4.79 Å². The van der Waals surface area contributed by atoms with Crippen molar-refractivity contribution in [3.05, 3.63) is 29.8 Å². The largest absolute Gasteiger partial charge is 0.508 e. The van der Waals surface area contributed by atoms with E-state index in [0.29, 0.717) is 19.0 Å². The molecule has 1 unspecified atom stereocenters. The van der Waals surface area contributed by atoms with E-state index < -0.39 is 24.7 Å². The maximum Gasteiger partial charge on any atom is 0.405 e. The summed E-state index contributed by atoms with van der Waals surface area (Å²) in [5.74, 6) is -0.0242. The van der Waals surface area contributed by atoms with Crippen molar-refractivity contribution < 1.29 is 23.1 Å². The van der Waals surface area contributed by atoms with Crippen LogP contribution in [0.5, 0.6) is 5.75 Å². The van der Waals surface area contributed by atoms with Crippen LogP contribution in [0, 0.1) is 0 Å². The van der Waals surface area contributed by atoms with Gasteiger partial charge in [0.25, 0.3) is 0 Å². The van der Waals surface area contributed by atoms with Crippen molar-refractivity contribution in [2.24, 2.45) is 0 Å². The molecule has 0 spiro atoms. The Labute approximate surface area is 133 Å². The number of alkyl halides is 3. The molecule has 1 fully saturated rings. The average molecular weight is 330 g/mol. The first-order chi connectivity index (χ1) is 10.8. The number of hydrogen-bond donors (Lipinski definition) is 2. The van der Waals surface area contributed by atoms with E-state index in [1.54, 1.807) is 19.1 Å². The van der Waals surface area contributed by atoms with Crippen molar-refractivity contribution >= 4 is 5.91 Å². The molecule has 0 aromatic heterocycles. The van der Waals surface area contributed by atoms with Crippen molar-refractivity contribution in [2.45, 2.75) is 37.9 Å². The average Bonchev–Trinajstić information content (AvgIpc) is 2.52. The van der Waals surface area contributed by atoms with Gasteiger partial charge in [0.1, 0.15) is 12.3 Å². The molecule has 1 heterocycles. The third-order valence-electron chi connectivity index (χ3n) is 4.28. The first-order valence-corrected chi connectivity index (χ1v) is 7.64. The van der Waals surface area contributed by atoms with Gasteiger partial charge in [0.2, 0.25) is 5.91 Å².